The van der Waals surface area contributed by atoms with E-state index in [1.165, 1.54) is 16.7 Å². The number of aromatic nitrogens is 1. The van der Waals surface area contributed by atoms with Crippen LogP contribution in [0.25, 0.3) is 11.1 Å². The fourth-order valence-corrected chi connectivity index (χ4v) is 3.64. The Labute approximate surface area is 146 Å². The standard InChI is InChI=1S/C17H13N3O4S/c21-15(18-10-5-6-13-11(7-10)19-17(23)24-13)8-20-12-3-1-2-4-14(12)25-9-16(20)22/h1-7H,8-9H2,(H,18,21)(H,19,23). The van der Waals surface area contributed by atoms with Crippen LogP contribution in [0.15, 0.2) is 56.6 Å². The number of H-pyrrole nitrogens is 1. The molecule has 0 atom stereocenters. The maximum absolute atomic E-state index is 12.4. The highest BCUT2D eigenvalue weighted by Gasteiger charge is 2.26. The van der Waals surface area contributed by atoms with Crippen LogP contribution in [0.3, 0.4) is 0 Å². The Morgan fingerprint density at radius 2 is 2.08 bits per heavy atom. The average Bonchev–Trinajstić information content (AvgIpc) is 2.97. The summed E-state index contributed by atoms with van der Waals surface area (Å²) in [5.41, 5.74) is 2.17. The van der Waals surface area contributed by atoms with Crippen molar-refractivity contribution in [3.05, 3.63) is 53.0 Å². The summed E-state index contributed by atoms with van der Waals surface area (Å²) in [5, 5.41) is 2.74. The van der Waals surface area contributed by atoms with E-state index in [9.17, 15) is 14.4 Å². The smallest absolute Gasteiger partial charge is 0.408 e. The van der Waals surface area contributed by atoms with Gasteiger partial charge in [0.05, 0.1) is 17.0 Å². The number of amides is 2. The van der Waals surface area contributed by atoms with E-state index in [4.69, 9.17) is 4.42 Å². The van der Waals surface area contributed by atoms with Crippen LogP contribution in [-0.4, -0.2) is 29.1 Å². The number of carbonyl (C=O) groups excluding carboxylic acids is 2. The predicted octanol–water partition coefficient (Wildman–Crippen LogP) is 2.20. The lowest BCUT2D eigenvalue weighted by molar-refractivity contribution is -0.120. The first-order valence-electron chi connectivity index (χ1n) is 7.55. The average molecular weight is 355 g/mol. The molecular weight excluding hydrogens is 342 g/mol. The highest BCUT2D eigenvalue weighted by molar-refractivity contribution is 8.00. The molecule has 2 amide bonds. The number of nitrogens with zero attached hydrogens (tertiary/aromatic N) is 1. The van der Waals surface area contributed by atoms with E-state index >= 15 is 0 Å². The van der Waals surface area contributed by atoms with E-state index < -0.39 is 5.76 Å². The summed E-state index contributed by atoms with van der Waals surface area (Å²) >= 11 is 1.47. The number of hydrogen-bond donors (Lipinski definition) is 2. The van der Waals surface area contributed by atoms with E-state index in [0.717, 1.165) is 10.6 Å². The maximum Gasteiger partial charge on any atom is 0.417 e. The van der Waals surface area contributed by atoms with E-state index in [1.807, 2.05) is 24.3 Å². The summed E-state index contributed by atoms with van der Waals surface area (Å²) < 4.78 is 4.92. The normalized spacial score (nSPS) is 13.8. The molecule has 7 nitrogen and oxygen atoms in total. The summed E-state index contributed by atoms with van der Waals surface area (Å²) in [5.74, 6) is -0.660. The van der Waals surface area contributed by atoms with Crippen LogP contribution in [-0.2, 0) is 9.59 Å². The lowest BCUT2D eigenvalue weighted by Crippen LogP contribution is -2.41. The number of carbonyl (C=O) groups is 2. The Hall–Kier alpha value is -3.00. The third-order valence-electron chi connectivity index (χ3n) is 3.81. The molecule has 25 heavy (non-hydrogen) atoms. The van der Waals surface area contributed by atoms with Crippen LogP contribution in [0.5, 0.6) is 0 Å². The number of benzene rings is 2. The number of fused-ring (bicyclic) bond motifs is 2. The number of nitrogens with one attached hydrogen (secondary N) is 2. The topological polar surface area (TPSA) is 95.4 Å². The second-order valence-electron chi connectivity index (χ2n) is 5.51. The van der Waals surface area contributed by atoms with Crippen LogP contribution in [0.4, 0.5) is 11.4 Å². The Morgan fingerprint density at radius 3 is 2.96 bits per heavy atom. The zero-order valence-electron chi connectivity index (χ0n) is 12.9. The fourth-order valence-electron chi connectivity index (χ4n) is 2.70. The Bertz CT molecular complexity index is 1040. The Morgan fingerprint density at radius 1 is 1.24 bits per heavy atom. The summed E-state index contributed by atoms with van der Waals surface area (Å²) in [7, 11) is 0. The van der Waals surface area contributed by atoms with Gasteiger partial charge in [-0.2, -0.15) is 0 Å². The zero-order chi connectivity index (χ0) is 17.4. The van der Waals surface area contributed by atoms with Gasteiger partial charge in [0.15, 0.2) is 5.58 Å². The van der Waals surface area contributed by atoms with Crippen LogP contribution in [0.1, 0.15) is 0 Å². The van der Waals surface area contributed by atoms with E-state index in [-0.39, 0.29) is 18.4 Å². The van der Waals surface area contributed by atoms with Crippen molar-refractivity contribution < 1.29 is 14.0 Å². The molecule has 1 aliphatic rings. The molecule has 0 aliphatic carbocycles. The first-order chi connectivity index (χ1) is 12.1. The number of anilines is 2. The second-order valence-corrected chi connectivity index (χ2v) is 6.53. The number of hydrogen-bond acceptors (Lipinski definition) is 5. The monoisotopic (exact) mass is 355 g/mol. The van der Waals surface area contributed by atoms with Crippen molar-refractivity contribution in [1.29, 1.82) is 0 Å². The van der Waals surface area contributed by atoms with Gasteiger partial charge in [0.25, 0.3) is 0 Å². The lowest BCUT2D eigenvalue weighted by atomic mass is 10.2. The van der Waals surface area contributed by atoms with Gasteiger partial charge < -0.3 is 14.6 Å². The van der Waals surface area contributed by atoms with Crippen molar-refractivity contribution in [2.45, 2.75) is 4.90 Å². The molecule has 0 unspecified atom stereocenters. The van der Waals surface area contributed by atoms with Gasteiger partial charge in [-0.3, -0.25) is 14.6 Å². The first kappa shape index (κ1) is 15.5. The SMILES string of the molecule is O=C(CN1C(=O)CSc2ccccc21)Nc1ccc2oc(=O)[nH]c2c1. The molecule has 3 aromatic rings. The van der Waals surface area contributed by atoms with Gasteiger partial charge in [0.1, 0.15) is 6.54 Å². The van der Waals surface area contributed by atoms with Crippen molar-refractivity contribution >= 4 is 46.1 Å². The third kappa shape index (κ3) is 3.03. The summed E-state index contributed by atoms with van der Waals surface area (Å²) in [4.78, 5) is 40.7. The quantitative estimate of drug-likeness (QED) is 0.751. The molecule has 0 saturated heterocycles. The molecule has 4 rings (SSSR count). The van der Waals surface area contributed by atoms with Crippen molar-refractivity contribution in [3.8, 4) is 0 Å². The number of rotatable bonds is 3. The van der Waals surface area contributed by atoms with Gasteiger partial charge in [-0.1, -0.05) is 12.1 Å². The minimum absolute atomic E-state index is 0.0731. The number of aromatic amines is 1. The van der Waals surface area contributed by atoms with Crippen LogP contribution in [0.2, 0.25) is 0 Å². The number of para-hydroxylation sites is 1. The van der Waals surface area contributed by atoms with Crippen LogP contribution >= 0.6 is 11.8 Å². The molecule has 1 aromatic heterocycles. The number of oxazole rings is 1. The van der Waals surface area contributed by atoms with Gasteiger partial charge in [-0.25, -0.2) is 4.79 Å². The van der Waals surface area contributed by atoms with Gasteiger partial charge in [-0.15, -0.1) is 11.8 Å². The van der Waals surface area contributed by atoms with E-state index in [0.29, 0.717) is 22.5 Å². The van der Waals surface area contributed by atoms with Gasteiger partial charge in [-0.05, 0) is 30.3 Å². The van der Waals surface area contributed by atoms with Crippen molar-refractivity contribution in [1.82, 2.24) is 4.98 Å². The summed E-state index contributed by atoms with van der Waals surface area (Å²) in [6, 6.07) is 12.3. The maximum atomic E-state index is 12.4. The molecule has 0 spiro atoms. The molecule has 0 bridgehead atoms. The van der Waals surface area contributed by atoms with E-state index in [1.54, 1.807) is 18.2 Å². The largest absolute Gasteiger partial charge is 0.417 e. The molecule has 126 valence electrons. The predicted molar refractivity (Wildman–Crippen MR) is 95.0 cm³/mol. The molecular formula is C17H13N3O4S. The molecule has 0 fully saturated rings. The fraction of sp³-hybridized carbons (Fsp3) is 0.118. The minimum atomic E-state index is -0.550. The first-order valence-corrected chi connectivity index (χ1v) is 8.53. The molecule has 2 heterocycles. The van der Waals surface area contributed by atoms with E-state index in [2.05, 4.69) is 10.3 Å². The third-order valence-corrected chi connectivity index (χ3v) is 4.86. The van der Waals surface area contributed by atoms with Crippen LogP contribution in [0, 0.1) is 0 Å². The second kappa shape index (κ2) is 6.14. The minimum Gasteiger partial charge on any atom is -0.408 e. The molecule has 2 N–H and O–H groups in total. The summed E-state index contributed by atoms with van der Waals surface area (Å²) in [6.07, 6.45) is 0. The molecule has 8 heteroatoms. The molecule has 2 aromatic carbocycles. The zero-order valence-corrected chi connectivity index (χ0v) is 13.8. The molecule has 1 aliphatic heterocycles. The Kier molecular flexibility index (Phi) is 3.81. The molecule has 0 saturated carbocycles. The highest BCUT2D eigenvalue weighted by atomic mass is 32.2. The van der Waals surface area contributed by atoms with Crippen LogP contribution < -0.4 is 16.0 Å². The highest BCUT2D eigenvalue weighted by Crippen LogP contribution is 2.34. The molecule has 0 radical (unpaired) electrons. The van der Waals surface area contributed by atoms with Gasteiger partial charge >= 0.3 is 5.76 Å². The summed E-state index contributed by atoms with van der Waals surface area (Å²) in [6.45, 7) is -0.0731. The van der Waals surface area contributed by atoms with Gasteiger partial charge in [0.2, 0.25) is 11.8 Å². The Balaban J connectivity index is 1.53. The lowest BCUT2D eigenvalue weighted by Gasteiger charge is -2.28. The number of thioether (sulfide) groups is 1. The van der Waals surface area contributed by atoms with Crippen molar-refractivity contribution in [2.75, 3.05) is 22.5 Å². The van der Waals surface area contributed by atoms with Crippen molar-refractivity contribution in [2.24, 2.45) is 0 Å². The van der Waals surface area contributed by atoms with Gasteiger partial charge in [0, 0.05) is 10.6 Å². The van der Waals surface area contributed by atoms with Crippen molar-refractivity contribution in [3.63, 3.8) is 0 Å².